The lowest BCUT2D eigenvalue weighted by molar-refractivity contribution is 0.0517. The summed E-state index contributed by atoms with van der Waals surface area (Å²) in [6, 6.07) is 0. The molecule has 1 saturated heterocycles. The van der Waals surface area contributed by atoms with Crippen LogP contribution in [0.4, 0.5) is 0 Å². The summed E-state index contributed by atoms with van der Waals surface area (Å²) in [5, 5.41) is 3.29. The monoisotopic (exact) mass is 177 g/mol. The van der Waals surface area contributed by atoms with E-state index in [1.807, 2.05) is 6.08 Å². The molecule has 0 saturated carbocycles. The third kappa shape index (κ3) is 4.40. The van der Waals surface area contributed by atoms with Gasteiger partial charge in [-0.05, 0) is 25.9 Å². The molecule has 0 aliphatic carbocycles. The van der Waals surface area contributed by atoms with Crippen LogP contribution < -0.4 is 5.32 Å². The Labute approximate surface area is 74.4 Å². The van der Waals surface area contributed by atoms with Gasteiger partial charge in [-0.25, -0.2) is 0 Å². The number of piperidine rings is 1. The predicted molar refractivity (Wildman–Crippen MR) is 49.3 cm³/mol. The fraction of sp³-hybridized carbons (Fsp3) is 0.750. The SMILES string of the molecule is C=CCOC1CCNCC1.Cl. The van der Waals surface area contributed by atoms with Crippen LogP contribution in [-0.2, 0) is 4.74 Å². The van der Waals surface area contributed by atoms with E-state index in [2.05, 4.69) is 11.9 Å². The highest BCUT2D eigenvalue weighted by Crippen LogP contribution is 2.06. The van der Waals surface area contributed by atoms with Crippen molar-refractivity contribution in [2.75, 3.05) is 19.7 Å². The van der Waals surface area contributed by atoms with Crippen LogP contribution in [0.2, 0.25) is 0 Å². The second-order valence-corrected chi connectivity index (χ2v) is 2.57. The van der Waals surface area contributed by atoms with Gasteiger partial charge in [0.1, 0.15) is 0 Å². The predicted octanol–water partition coefficient (Wildman–Crippen LogP) is 1.36. The minimum Gasteiger partial charge on any atom is -0.374 e. The highest BCUT2D eigenvalue weighted by atomic mass is 35.5. The van der Waals surface area contributed by atoms with E-state index >= 15 is 0 Å². The number of hydrogen-bond donors (Lipinski definition) is 1. The number of halogens is 1. The quantitative estimate of drug-likeness (QED) is 0.658. The Hall–Kier alpha value is -0.0500. The topological polar surface area (TPSA) is 21.3 Å². The Morgan fingerprint density at radius 3 is 2.64 bits per heavy atom. The van der Waals surface area contributed by atoms with Crippen LogP contribution in [0.15, 0.2) is 12.7 Å². The van der Waals surface area contributed by atoms with Crippen LogP contribution in [-0.4, -0.2) is 25.8 Å². The van der Waals surface area contributed by atoms with Crippen molar-refractivity contribution in [2.45, 2.75) is 18.9 Å². The van der Waals surface area contributed by atoms with Crippen molar-refractivity contribution in [3.05, 3.63) is 12.7 Å². The fourth-order valence-corrected chi connectivity index (χ4v) is 1.17. The van der Waals surface area contributed by atoms with E-state index in [4.69, 9.17) is 4.74 Å². The molecule has 0 unspecified atom stereocenters. The second-order valence-electron chi connectivity index (χ2n) is 2.57. The van der Waals surface area contributed by atoms with Crippen molar-refractivity contribution in [3.63, 3.8) is 0 Å². The van der Waals surface area contributed by atoms with Gasteiger partial charge in [0.2, 0.25) is 0 Å². The highest BCUT2D eigenvalue weighted by molar-refractivity contribution is 5.85. The molecule has 1 N–H and O–H groups in total. The van der Waals surface area contributed by atoms with Crippen molar-refractivity contribution < 1.29 is 4.74 Å². The van der Waals surface area contributed by atoms with Crippen molar-refractivity contribution in [1.29, 1.82) is 0 Å². The molecular weight excluding hydrogens is 162 g/mol. The number of rotatable bonds is 3. The Kier molecular flexibility index (Phi) is 6.62. The summed E-state index contributed by atoms with van der Waals surface area (Å²) in [6.07, 6.45) is 4.57. The van der Waals surface area contributed by atoms with E-state index in [1.165, 1.54) is 0 Å². The maximum atomic E-state index is 5.47. The van der Waals surface area contributed by atoms with Crippen molar-refractivity contribution >= 4 is 12.4 Å². The van der Waals surface area contributed by atoms with E-state index in [9.17, 15) is 0 Å². The average molecular weight is 178 g/mol. The third-order valence-electron chi connectivity index (χ3n) is 1.74. The first-order valence-corrected chi connectivity index (χ1v) is 3.86. The van der Waals surface area contributed by atoms with Crippen molar-refractivity contribution in [2.24, 2.45) is 0 Å². The Morgan fingerprint density at radius 1 is 1.45 bits per heavy atom. The molecule has 1 rings (SSSR count). The van der Waals surface area contributed by atoms with Crippen LogP contribution in [0, 0.1) is 0 Å². The molecule has 1 fully saturated rings. The van der Waals surface area contributed by atoms with Crippen LogP contribution in [0.25, 0.3) is 0 Å². The first-order chi connectivity index (χ1) is 4.93. The Balaban J connectivity index is 0.000001000. The van der Waals surface area contributed by atoms with E-state index in [1.54, 1.807) is 0 Å². The molecular formula is C8H16ClNO. The van der Waals surface area contributed by atoms with Crippen molar-refractivity contribution in [1.82, 2.24) is 5.32 Å². The summed E-state index contributed by atoms with van der Waals surface area (Å²) in [5.74, 6) is 0. The molecule has 0 aromatic rings. The molecule has 0 amide bonds. The molecule has 11 heavy (non-hydrogen) atoms. The minimum atomic E-state index is 0. The minimum absolute atomic E-state index is 0. The average Bonchev–Trinajstić information content (AvgIpc) is 2.03. The van der Waals surface area contributed by atoms with Gasteiger partial charge in [-0.3, -0.25) is 0 Å². The molecule has 0 bridgehead atoms. The maximum absolute atomic E-state index is 5.47. The first kappa shape index (κ1) is 11.0. The molecule has 0 aromatic carbocycles. The van der Waals surface area contributed by atoms with Crippen LogP contribution in [0.1, 0.15) is 12.8 Å². The summed E-state index contributed by atoms with van der Waals surface area (Å²) >= 11 is 0. The molecule has 2 nitrogen and oxygen atoms in total. The highest BCUT2D eigenvalue weighted by Gasteiger charge is 2.11. The first-order valence-electron chi connectivity index (χ1n) is 3.86. The van der Waals surface area contributed by atoms with Gasteiger partial charge in [-0.15, -0.1) is 19.0 Å². The van der Waals surface area contributed by atoms with Crippen LogP contribution in [0.5, 0.6) is 0 Å². The zero-order chi connectivity index (χ0) is 7.23. The third-order valence-corrected chi connectivity index (χ3v) is 1.74. The number of ether oxygens (including phenoxy) is 1. The smallest absolute Gasteiger partial charge is 0.0648 e. The van der Waals surface area contributed by atoms with Crippen LogP contribution >= 0.6 is 12.4 Å². The molecule has 1 aliphatic heterocycles. The zero-order valence-corrected chi connectivity index (χ0v) is 7.53. The lowest BCUT2D eigenvalue weighted by atomic mass is 10.1. The van der Waals surface area contributed by atoms with E-state index < -0.39 is 0 Å². The maximum Gasteiger partial charge on any atom is 0.0648 e. The fourth-order valence-electron chi connectivity index (χ4n) is 1.17. The molecule has 0 atom stereocenters. The lowest BCUT2D eigenvalue weighted by Crippen LogP contribution is -2.32. The summed E-state index contributed by atoms with van der Waals surface area (Å²) in [4.78, 5) is 0. The second kappa shape index (κ2) is 6.65. The van der Waals surface area contributed by atoms with E-state index in [-0.39, 0.29) is 12.4 Å². The van der Waals surface area contributed by atoms with Gasteiger partial charge in [0.25, 0.3) is 0 Å². The van der Waals surface area contributed by atoms with E-state index in [0.29, 0.717) is 12.7 Å². The standard InChI is InChI=1S/C8H15NO.ClH/c1-2-7-10-8-3-5-9-6-4-8;/h2,8-9H,1,3-7H2;1H. The summed E-state index contributed by atoms with van der Waals surface area (Å²) in [6.45, 7) is 6.50. The molecule has 0 aromatic heterocycles. The van der Waals surface area contributed by atoms with Gasteiger partial charge in [0, 0.05) is 0 Å². The van der Waals surface area contributed by atoms with Crippen LogP contribution in [0.3, 0.4) is 0 Å². The number of hydrogen-bond acceptors (Lipinski definition) is 2. The van der Waals surface area contributed by atoms with E-state index in [0.717, 1.165) is 25.9 Å². The summed E-state index contributed by atoms with van der Waals surface area (Å²) in [7, 11) is 0. The van der Waals surface area contributed by atoms with Gasteiger partial charge in [0.15, 0.2) is 0 Å². The lowest BCUT2D eigenvalue weighted by Gasteiger charge is -2.22. The van der Waals surface area contributed by atoms with Gasteiger partial charge >= 0.3 is 0 Å². The van der Waals surface area contributed by atoms with Gasteiger partial charge in [-0.1, -0.05) is 6.08 Å². The molecule has 66 valence electrons. The normalized spacial score (nSPS) is 18.9. The largest absolute Gasteiger partial charge is 0.374 e. The molecule has 1 heterocycles. The van der Waals surface area contributed by atoms with Gasteiger partial charge < -0.3 is 10.1 Å². The number of nitrogens with one attached hydrogen (secondary N) is 1. The molecule has 3 heteroatoms. The Morgan fingerprint density at radius 2 is 2.09 bits per heavy atom. The molecule has 0 radical (unpaired) electrons. The van der Waals surface area contributed by atoms with Gasteiger partial charge in [-0.2, -0.15) is 0 Å². The van der Waals surface area contributed by atoms with Gasteiger partial charge in [0.05, 0.1) is 12.7 Å². The van der Waals surface area contributed by atoms with Crippen molar-refractivity contribution in [3.8, 4) is 0 Å². The zero-order valence-electron chi connectivity index (χ0n) is 6.71. The summed E-state index contributed by atoms with van der Waals surface area (Å²) in [5.41, 5.74) is 0. The molecule has 1 aliphatic rings. The Bertz CT molecular complexity index is 102. The summed E-state index contributed by atoms with van der Waals surface area (Å²) < 4.78 is 5.47. The molecule has 0 spiro atoms.